The highest BCUT2D eigenvalue weighted by Crippen LogP contribution is 2.28. The maximum Gasteiger partial charge on any atom is 0.305 e. The summed E-state index contributed by atoms with van der Waals surface area (Å²) < 4.78 is 10.2. The molecular weight excluding hydrogens is 256 g/mol. The van der Waals surface area contributed by atoms with E-state index in [0.29, 0.717) is 5.56 Å². The Labute approximate surface area is 117 Å². The van der Waals surface area contributed by atoms with Gasteiger partial charge in [0.05, 0.1) is 0 Å². The van der Waals surface area contributed by atoms with Crippen molar-refractivity contribution >= 4 is 22.7 Å². The molecule has 0 aromatic heterocycles. The van der Waals surface area contributed by atoms with E-state index in [2.05, 4.69) is 0 Å². The monoisotopic (exact) mass is 272 g/mol. The quantitative estimate of drug-likeness (QED) is 0.635. The molecule has 0 fully saturated rings. The molecule has 2 aromatic carbocycles. The van der Waals surface area contributed by atoms with Crippen LogP contribution in [0, 0.1) is 6.92 Å². The normalized spacial score (nSPS) is 10.6. The van der Waals surface area contributed by atoms with Crippen LogP contribution in [0.15, 0.2) is 36.4 Å². The van der Waals surface area contributed by atoms with Crippen LogP contribution < -0.4 is 0 Å². The lowest BCUT2D eigenvalue weighted by atomic mass is 10.0. The summed E-state index contributed by atoms with van der Waals surface area (Å²) in [7, 11) is 0. The van der Waals surface area contributed by atoms with Crippen LogP contribution in [0.1, 0.15) is 31.3 Å². The minimum atomic E-state index is -1.02. The molecule has 0 radical (unpaired) electrons. The number of hydrogen-bond donors (Lipinski definition) is 0. The Morgan fingerprint density at radius 2 is 1.65 bits per heavy atom. The Morgan fingerprint density at radius 1 is 1.00 bits per heavy atom. The second-order valence-electron chi connectivity index (χ2n) is 4.62. The Bertz CT molecular complexity index is 645. The molecule has 4 nitrogen and oxygen atoms in total. The van der Waals surface area contributed by atoms with Crippen molar-refractivity contribution in [1.82, 2.24) is 0 Å². The third-order valence-electron chi connectivity index (χ3n) is 2.87. The standard InChI is InChI=1S/C16H16O4/c1-10-7-8-14-13(9-10)5-4-6-15(14)16(19-11(2)17)20-12(3)18/h4-9,16H,1-3H3. The maximum atomic E-state index is 11.2. The Kier molecular flexibility index (Phi) is 4.03. The van der Waals surface area contributed by atoms with Gasteiger partial charge in [-0.3, -0.25) is 9.59 Å². The smallest absolute Gasteiger partial charge is 0.305 e. The summed E-state index contributed by atoms with van der Waals surface area (Å²) in [5.41, 5.74) is 1.79. The lowest BCUT2D eigenvalue weighted by Gasteiger charge is -2.18. The van der Waals surface area contributed by atoms with Crippen molar-refractivity contribution in [2.45, 2.75) is 27.1 Å². The zero-order valence-electron chi connectivity index (χ0n) is 11.7. The molecule has 0 aliphatic carbocycles. The second-order valence-corrected chi connectivity index (χ2v) is 4.62. The fourth-order valence-electron chi connectivity index (χ4n) is 2.09. The predicted molar refractivity (Wildman–Crippen MR) is 75.0 cm³/mol. The maximum absolute atomic E-state index is 11.2. The van der Waals surface area contributed by atoms with Crippen LogP contribution >= 0.6 is 0 Å². The highest BCUT2D eigenvalue weighted by molar-refractivity contribution is 5.87. The van der Waals surface area contributed by atoms with E-state index in [1.807, 2.05) is 37.3 Å². The number of esters is 2. The molecule has 0 atom stereocenters. The first-order valence-electron chi connectivity index (χ1n) is 6.31. The molecule has 2 rings (SSSR count). The Balaban J connectivity index is 2.51. The summed E-state index contributed by atoms with van der Waals surface area (Å²) in [5.74, 6) is -0.999. The minimum Gasteiger partial charge on any atom is -0.421 e. The zero-order chi connectivity index (χ0) is 14.7. The highest BCUT2D eigenvalue weighted by atomic mass is 16.7. The SMILES string of the molecule is CC(=O)OC(OC(C)=O)c1cccc2cc(C)ccc12. The van der Waals surface area contributed by atoms with Gasteiger partial charge in [0.2, 0.25) is 0 Å². The average Bonchev–Trinajstić information content (AvgIpc) is 2.35. The van der Waals surface area contributed by atoms with Gasteiger partial charge in [0.25, 0.3) is 6.29 Å². The first-order valence-corrected chi connectivity index (χ1v) is 6.31. The fourth-order valence-corrected chi connectivity index (χ4v) is 2.09. The minimum absolute atomic E-state index is 0.500. The molecule has 0 spiro atoms. The van der Waals surface area contributed by atoms with Gasteiger partial charge in [-0.2, -0.15) is 0 Å². The zero-order valence-corrected chi connectivity index (χ0v) is 11.7. The summed E-state index contributed by atoms with van der Waals surface area (Å²) in [6.07, 6.45) is -1.02. The molecule has 0 unspecified atom stereocenters. The van der Waals surface area contributed by atoms with Crippen LogP contribution in [0.5, 0.6) is 0 Å². The van der Waals surface area contributed by atoms with E-state index >= 15 is 0 Å². The van der Waals surface area contributed by atoms with Crippen LogP contribution in [-0.2, 0) is 19.1 Å². The van der Waals surface area contributed by atoms with Crippen LogP contribution in [0.4, 0.5) is 0 Å². The molecule has 0 heterocycles. The number of ether oxygens (including phenoxy) is 2. The van der Waals surface area contributed by atoms with Crippen LogP contribution in [0.3, 0.4) is 0 Å². The van der Waals surface area contributed by atoms with Gasteiger partial charge < -0.3 is 9.47 Å². The summed E-state index contributed by atoms with van der Waals surface area (Å²) in [4.78, 5) is 22.4. The van der Waals surface area contributed by atoms with Gasteiger partial charge in [0.15, 0.2) is 0 Å². The van der Waals surface area contributed by atoms with Crippen molar-refractivity contribution in [3.8, 4) is 0 Å². The van der Waals surface area contributed by atoms with E-state index in [1.54, 1.807) is 6.07 Å². The lowest BCUT2D eigenvalue weighted by Crippen LogP contribution is -2.15. The van der Waals surface area contributed by atoms with E-state index < -0.39 is 18.2 Å². The van der Waals surface area contributed by atoms with E-state index in [4.69, 9.17) is 9.47 Å². The molecular formula is C16H16O4. The van der Waals surface area contributed by atoms with Gasteiger partial charge in [-0.1, -0.05) is 42.0 Å². The Hall–Kier alpha value is -2.36. The summed E-state index contributed by atoms with van der Waals surface area (Å²) in [6, 6.07) is 11.5. The predicted octanol–water partition coefficient (Wildman–Crippen LogP) is 3.27. The van der Waals surface area contributed by atoms with Crippen LogP contribution in [0.25, 0.3) is 10.8 Å². The molecule has 0 N–H and O–H groups in total. The van der Waals surface area contributed by atoms with Crippen molar-refractivity contribution in [2.75, 3.05) is 0 Å². The van der Waals surface area contributed by atoms with Crippen molar-refractivity contribution in [3.63, 3.8) is 0 Å². The third-order valence-corrected chi connectivity index (χ3v) is 2.87. The second kappa shape index (κ2) is 5.74. The lowest BCUT2D eigenvalue weighted by molar-refractivity contribution is -0.186. The molecule has 2 aromatic rings. The molecule has 0 saturated heterocycles. The van der Waals surface area contributed by atoms with Gasteiger partial charge in [-0.25, -0.2) is 0 Å². The first-order chi connectivity index (χ1) is 9.47. The molecule has 0 aliphatic heterocycles. The number of carbonyl (C=O) groups excluding carboxylic acids is 2. The molecule has 0 aliphatic rings. The van der Waals surface area contributed by atoms with Gasteiger partial charge in [-0.15, -0.1) is 0 Å². The van der Waals surface area contributed by atoms with Crippen molar-refractivity contribution in [3.05, 3.63) is 47.5 Å². The molecule has 0 bridgehead atoms. The van der Waals surface area contributed by atoms with Gasteiger partial charge in [-0.05, 0) is 17.7 Å². The summed E-state index contributed by atoms with van der Waals surface area (Å²) in [6.45, 7) is 4.57. The molecule has 0 saturated carbocycles. The number of aryl methyl sites for hydroxylation is 1. The molecule has 20 heavy (non-hydrogen) atoms. The van der Waals surface area contributed by atoms with Crippen molar-refractivity contribution in [1.29, 1.82) is 0 Å². The fraction of sp³-hybridized carbons (Fsp3) is 0.250. The average molecular weight is 272 g/mol. The van der Waals surface area contributed by atoms with Gasteiger partial charge in [0.1, 0.15) is 0 Å². The largest absolute Gasteiger partial charge is 0.421 e. The number of carbonyl (C=O) groups is 2. The van der Waals surface area contributed by atoms with E-state index in [0.717, 1.165) is 16.3 Å². The Morgan fingerprint density at radius 3 is 2.25 bits per heavy atom. The number of fused-ring (bicyclic) bond motifs is 1. The summed E-state index contributed by atoms with van der Waals surface area (Å²) >= 11 is 0. The van der Waals surface area contributed by atoms with Crippen LogP contribution in [0.2, 0.25) is 0 Å². The number of benzene rings is 2. The first kappa shape index (κ1) is 14.1. The van der Waals surface area contributed by atoms with Crippen molar-refractivity contribution in [2.24, 2.45) is 0 Å². The van der Waals surface area contributed by atoms with Crippen molar-refractivity contribution < 1.29 is 19.1 Å². The number of hydrogen-bond acceptors (Lipinski definition) is 4. The van der Waals surface area contributed by atoms with Gasteiger partial charge >= 0.3 is 11.9 Å². The third kappa shape index (κ3) is 3.15. The van der Waals surface area contributed by atoms with Gasteiger partial charge in [0, 0.05) is 19.4 Å². The molecule has 4 heteroatoms. The number of rotatable bonds is 3. The topological polar surface area (TPSA) is 52.6 Å². The molecule has 104 valence electrons. The van der Waals surface area contributed by atoms with E-state index in [-0.39, 0.29) is 0 Å². The molecule has 0 amide bonds. The van der Waals surface area contributed by atoms with E-state index in [9.17, 15) is 9.59 Å². The summed E-state index contributed by atoms with van der Waals surface area (Å²) in [5, 5.41) is 1.90. The highest BCUT2D eigenvalue weighted by Gasteiger charge is 2.20. The van der Waals surface area contributed by atoms with E-state index in [1.165, 1.54) is 13.8 Å². The van der Waals surface area contributed by atoms with Crippen LogP contribution in [-0.4, -0.2) is 11.9 Å².